The minimum absolute atomic E-state index is 0.614. The van der Waals surface area contributed by atoms with E-state index in [0.29, 0.717) is 6.04 Å². The second kappa shape index (κ2) is 6.27. The van der Waals surface area contributed by atoms with Crippen molar-refractivity contribution in [1.82, 2.24) is 9.97 Å². The summed E-state index contributed by atoms with van der Waals surface area (Å²) in [4.78, 5) is 11.3. The molecule has 1 aromatic rings. The molecule has 0 spiro atoms. The predicted molar refractivity (Wildman–Crippen MR) is 79.7 cm³/mol. The number of anilines is 2. The van der Waals surface area contributed by atoms with Crippen molar-refractivity contribution < 1.29 is 0 Å². The lowest BCUT2D eigenvalue weighted by atomic mass is 10.2. The first-order valence-electron chi connectivity index (χ1n) is 6.60. The summed E-state index contributed by atoms with van der Waals surface area (Å²) in [6.07, 6.45) is 4.25. The van der Waals surface area contributed by atoms with E-state index in [0.717, 1.165) is 30.3 Å². The summed E-state index contributed by atoms with van der Waals surface area (Å²) in [5.41, 5.74) is 1.15. The number of hydrogen-bond acceptors (Lipinski definition) is 5. The van der Waals surface area contributed by atoms with E-state index >= 15 is 0 Å². The van der Waals surface area contributed by atoms with Gasteiger partial charge in [0.15, 0.2) is 0 Å². The maximum atomic E-state index is 4.65. The molecule has 1 fully saturated rings. The van der Waals surface area contributed by atoms with Gasteiger partial charge < -0.3 is 10.2 Å². The number of nitrogens with zero attached hydrogens (tertiary/aromatic N) is 3. The Morgan fingerprint density at radius 1 is 1.56 bits per heavy atom. The minimum atomic E-state index is 0.614. The van der Waals surface area contributed by atoms with Crippen LogP contribution in [0, 0.1) is 6.92 Å². The Labute approximate surface area is 114 Å². The molecular formula is C13H22N4S. The molecule has 0 amide bonds. The molecule has 1 aliphatic rings. The van der Waals surface area contributed by atoms with Gasteiger partial charge in [-0.25, -0.2) is 4.98 Å². The third kappa shape index (κ3) is 3.07. The fourth-order valence-electron chi connectivity index (χ4n) is 2.11. The highest BCUT2D eigenvalue weighted by molar-refractivity contribution is 7.99. The Kier molecular flexibility index (Phi) is 4.69. The molecule has 1 aromatic heterocycles. The third-order valence-electron chi connectivity index (χ3n) is 3.27. The zero-order chi connectivity index (χ0) is 13.0. The summed E-state index contributed by atoms with van der Waals surface area (Å²) in [6, 6.07) is 0.614. The fourth-order valence-corrected chi connectivity index (χ4v) is 3.38. The van der Waals surface area contributed by atoms with Gasteiger partial charge in [0.25, 0.3) is 0 Å². The zero-order valence-electron chi connectivity index (χ0n) is 11.4. The summed E-state index contributed by atoms with van der Waals surface area (Å²) in [6.45, 7) is 5.15. The number of hydrogen-bond donors (Lipinski definition) is 1. The van der Waals surface area contributed by atoms with E-state index in [4.69, 9.17) is 0 Å². The fraction of sp³-hybridized carbons (Fsp3) is 0.692. The minimum Gasteiger partial charge on any atom is -0.355 e. The average Bonchev–Trinajstić information content (AvgIpc) is 2.91. The zero-order valence-corrected chi connectivity index (χ0v) is 12.3. The van der Waals surface area contributed by atoms with Crippen molar-refractivity contribution in [2.75, 3.05) is 35.3 Å². The second-order valence-corrected chi connectivity index (χ2v) is 5.91. The first-order valence-corrected chi connectivity index (χ1v) is 7.76. The van der Waals surface area contributed by atoms with Crippen LogP contribution in [0.3, 0.4) is 0 Å². The molecule has 1 saturated heterocycles. The molecule has 0 radical (unpaired) electrons. The van der Waals surface area contributed by atoms with Crippen LogP contribution in [-0.2, 0) is 0 Å². The normalized spacial score (nSPS) is 18.9. The molecule has 0 saturated carbocycles. The highest BCUT2D eigenvalue weighted by Gasteiger charge is 2.22. The van der Waals surface area contributed by atoms with Gasteiger partial charge in [0.05, 0.1) is 0 Å². The Hall–Kier alpha value is -0.970. The highest BCUT2D eigenvalue weighted by atomic mass is 32.2. The number of aryl methyl sites for hydroxylation is 1. The summed E-state index contributed by atoms with van der Waals surface area (Å²) >= 11 is 2.03. The molecule has 2 rings (SSSR count). The second-order valence-electron chi connectivity index (χ2n) is 4.76. The van der Waals surface area contributed by atoms with Crippen LogP contribution >= 0.6 is 11.8 Å². The van der Waals surface area contributed by atoms with E-state index in [1.807, 2.05) is 18.0 Å². The summed E-state index contributed by atoms with van der Waals surface area (Å²) in [5.74, 6) is 4.28. The van der Waals surface area contributed by atoms with E-state index in [1.165, 1.54) is 17.9 Å². The first-order chi connectivity index (χ1) is 8.72. The van der Waals surface area contributed by atoms with Gasteiger partial charge in [0, 0.05) is 37.1 Å². The van der Waals surface area contributed by atoms with E-state index in [2.05, 4.69) is 41.1 Å². The van der Waals surface area contributed by atoms with Crippen LogP contribution in [0.1, 0.15) is 25.3 Å². The van der Waals surface area contributed by atoms with E-state index in [1.54, 1.807) is 0 Å². The van der Waals surface area contributed by atoms with Crippen LogP contribution in [-0.4, -0.2) is 41.1 Å². The Bertz CT molecular complexity index is 391. The van der Waals surface area contributed by atoms with Crippen LogP contribution < -0.4 is 10.2 Å². The molecule has 4 nitrogen and oxygen atoms in total. The lowest BCUT2D eigenvalue weighted by molar-refractivity contribution is 0.688. The Morgan fingerprint density at radius 3 is 3.06 bits per heavy atom. The molecular weight excluding hydrogens is 244 g/mol. The van der Waals surface area contributed by atoms with Crippen molar-refractivity contribution in [3.63, 3.8) is 0 Å². The smallest absolute Gasteiger partial charge is 0.224 e. The van der Waals surface area contributed by atoms with Gasteiger partial charge in [-0.1, -0.05) is 6.92 Å². The summed E-state index contributed by atoms with van der Waals surface area (Å²) in [5, 5.41) is 3.25. The van der Waals surface area contributed by atoms with Crippen LogP contribution in [0.4, 0.5) is 11.8 Å². The lowest BCUT2D eigenvalue weighted by Crippen LogP contribution is -2.32. The van der Waals surface area contributed by atoms with Crippen molar-refractivity contribution in [3.05, 3.63) is 11.8 Å². The van der Waals surface area contributed by atoms with E-state index < -0.39 is 0 Å². The monoisotopic (exact) mass is 266 g/mol. The Balaban J connectivity index is 2.14. The van der Waals surface area contributed by atoms with Crippen LogP contribution in [0.2, 0.25) is 0 Å². The van der Waals surface area contributed by atoms with E-state index in [-0.39, 0.29) is 0 Å². The molecule has 100 valence electrons. The average molecular weight is 266 g/mol. The molecule has 0 bridgehead atoms. The first kappa shape index (κ1) is 13.5. The molecule has 0 aromatic carbocycles. The van der Waals surface area contributed by atoms with Crippen molar-refractivity contribution in [3.8, 4) is 0 Å². The largest absolute Gasteiger partial charge is 0.355 e. The van der Waals surface area contributed by atoms with Gasteiger partial charge in [-0.05, 0) is 25.5 Å². The SMILES string of the molecule is CCCNc1ncc(C)c(N(C)C2CCSC2)n1. The van der Waals surface area contributed by atoms with Gasteiger partial charge in [0.1, 0.15) is 5.82 Å². The topological polar surface area (TPSA) is 41.1 Å². The van der Waals surface area contributed by atoms with Gasteiger partial charge in [-0.3, -0.25) is 0 Å². The van der Waals surface area contributed by atoms with Crippen molar-refractivity contribution in [1.29, 1.82) is 0 Å². The van der Waals surface area contributed by atoms with Gasteiger partial charge >= 0.3 is 0 Å². The highest BCUT2D eigenvalue weighted by Crippen LogP contribution is 2.26. The van der Waals surface area contributed by atoms with Crippen LogP contribution in [0.25, 0.3) is 0 Å². The molecule has 5 heteroatoms. The van der Waals surface area contributed by atoms with Crippen molar-refractivity contribution >= 4 is 23.5 Å². The molecule has 1 unspecified atom stereocenters. The quantitative estimate of drug-likeness (QED) is 0.887. The van der Waals surface area contributed by atoms with Crippen LogP contribution in [0.5, 0.6) is 0 Å². The molecule has 1 aliphatic heterocycles. The summed E-state index contributed by atoms with van der Waals surface area (Å²) in [7, 11) is 2.15. The summed E-state index contributed by atoms with van der Waals surface area (Å²) < 4.78 is 0. The molecule has 2 heterocycles. The van der Waals surface area contributed by atoms with Crippen LogP contribution in [0.15, 0.2) is 6.20 Å². The number of rotatable bonds is 5. The van der Waals surface area contributed by atoms with Gasteiger partial charge in [0.2, 0.25) is 5.95 Å². The predicted octanol–water partition coefficient (Wildman–Crippen LogP) is 2.55. The molecule has 18 heavy (non-hydrogen) atoms. The molecule has 1 N–H and O–H groups in total. The molecule has 1 atom stereocenters. The third-order valence-corrected chi connectivity index (χ3v) is 4.41. The number of aromatic nitrogens is 2. The van der Waals surface area contributed by atoms with Gasteiger partial charge in [-0.15, -0.1) is 0 Å². The lowest BCUT2D eigenvalue weighted by Gasteiger charge is -2.26. The Morgan fingerprint density at radius 2 is 2.39 bits per heavy atom. The molecule has 0 aliphatic carbocycles. The van der Waals surface area contributed by atoms with Gasteiger partial charge in [-0.2, -0.15) is 16.7 Å². The van der Waals surface area contributed by atoms with E-state index in [9.17, 15) is 0 Å². The maximum absolute atomic E-state index is 4.65. The maximum Gasteiger partial charge on any atom is 0.224 e. The van der Waals surface area contributed by atoms with Crippen molar-refractivity contribution in [2.24, 2.45) is 0 Å². The number of nitrogens with one attached hydrogen (secondary N) is 1. The number of thioether (sulfide) groups is 1. The standard InChI is InChI=1S/C13H22N4S/c1-4-6-14-13-15-8-10(2)12(16-13)17(3)11-5-7-18-9-11/h8,11H,4-7,9H2,1-3H3,(H,14,15,16). The van der Waals surface area contributed by atoms with Crippen molar-refractivity contribution in [2.45, 2.75) is 32.7 Å².